The topological polar surface area (TPSA) is 52.6 Å². The van der Waals surface area contributed by atoms with Crippen LogP contribution < -0.4 is 10.4 Å². The molecule has 4 nitrogen and oxygen atoms in total. The number of hydrogen-bond donors (Lipinski definition) is 2. The van der Waals surface area contributed by atoms with E-state index in [-0.39, 0.29) is 12.5 Å². The van der Waals surface area contributed by atoms with Crippen LogP contribution in [-0.4, -0.2) is 24.2 Å². The summed E-state index contributed by atoms with van der Waals surface area (Å²) in [6.45, 7) is 0.912. The number of rotatable bonds is 4. The maximum atomic E-state index is 11.2. The van der Waals surface area contributed by atoms with Gasteiger partial charge in [-0.3, -0.25) is 15.2 Å². The number of aryl methyl sites for hydroxylation is 1. The lowest BCUT2D eigenvalue weighted by molar-refractivity contribution is -0.119. The Hall–Kier alpha value is -1.55. The van der Waals surface area contributed by atoms with Gasteiger partial charge in [0.2, 0.25) is 5.91 Å². The first-order valence-corrected chi connectivity index (χ1v) is 5.57. The predicted octanol–water partition coefficient (Wildman–Crippen LogP) is 0.853. The zero-order valence-corrected chi connectivity index (χ0v) is 9.15. The Morgan fingerprint density at radius 2 is 2.19 bits per heavy atom. The lowest BCUT2D eigenvalue weighted by Crippen LogP contribution is -2.33. The lowest BCUT2D eigenvalue weighted by atomic mass is 10.1. The second kappa shape index (κ2) is 4.99. The Labute approximate surface area is 94.9 Å². The number of benzene rings is 1. The highest BCUT2D eigenvalue weighted by Gasteiger charge is 2.20. The lowest BCUT2D eigenvalue weighted by Gasteiger charge is -2.20. The van der Waals surface area contributed by atoms with Crippen LogP contribution >= 0.6 is 0 Å². The molecule has 1 heterocycles. The largest absolute Gasteiger partial charge is 0.396 e. The van der Waals surface area contributed by atoms with Crippen molar-refractivity contribution in [3.8, 4) is 0 Å². The van der Waals surface area contributed by atoms with Gasteiger partial charge in [0, 0.05) is 19.6 Å². The number of nitrogens with one attached hydrogen (secondary N) is 1. The number of carbonyl (C=O) groups is 1. The van der Waals surface area contributed by atoms with Gasteiger partial charge in [0.15, 0.2) is 0 Å². The van der Waals surface area contributed by atoms with Crippen LogP contribution in [0.25, 0.3) is 0 Å². The summed E-state index contributed by atoms with van der Waals surface area (Å²) in [5.41, 5.74) is 5.03. The zero-order valence-electron chi connectivity index (χ0n) is 9.15. The van der Waals surface area contributed by atoms with Gasteiger partial charge in [-0.05, 0) is 24.5 Å². The summed E-state index contributed by atoms with van der Waals surface area (Å²) in [7, 11) is 0. The molecular weight excluding hydrogens is 204 g/mol. The molecule has 0 atom stereocenters. The Balaban J connectivity index is 2.15. The van der Waals surface area contributed by atoms with E-state index in [9.17, 15) is 4.79 Å². The summed E-state index contributed by atoms with van der Waals surface area (Å²) in [6.07, 6.45) is 2.13. The summed E-state index contributed by atoms with van der Waals surface area (Å²) in [5.74, 6) is 0.0666. The van der Waals surface area contributed by atoms with Crippen LogP contribution in [0.15, 0.2) is 24.3 Å². The van der Waals surface area contributed by atoms with Crippen LogP contribution in [0.3, 0.4) is 0 Å². The summed E-state index contributed by atoms with van der Waals surface area (Å²) in [4.78, 5) is 11.2. The summed E-state index contributed by atoms with van der Waals surface area (Å²) < 4.78 is 0. The molecule has 1 aromatic rings. The van der Waals surface area contributed by atoms with E-state index in [2.05, 4.69) is 5.43 Å². The van der Waals surface area contributed by atoms with Gasteiger partial charge in [0.25, 0.3) is 0 Å². The van der Waals surface area contributed by atoms with Crippen molar-refractivity contribution in [3.05, 3.63) is 29.8 Å². The van der Waals surface area contributed by atoms with E-state index in [4.69, 9.17) is 5.11 Å². The van der Waals surface area contributed by atoms with E-state index >= 15 is 0 Å². The monoisotopic (exact) mass is 220 g/mol. The van der Waals surface area contributed by atoms with Crippen LogP contribution in [0.5, 0.6) is 0 Å². The van der Waals surface area contributed by atoms with Crippen LogP contribution in [0.2, 0.25) is 0 Å². The number of nitrogens with zero attached hydrogens (tertiary/aromatic N) is 1. The van der Waals surface area contributed by atoms with E-state index in [1.165, 1.54) is 5.56 Å². The van der Waals surface area contributed by atoms with Crippen molar-refractivity contribution in [1.29, 1.82) is 0 Å². The third-order valence-electron chi connectivity index (χ3n) is 2.71. The second-order valence-corrected chi connectivity index (χ2v) is 3.89. The smallest absolute Gasteiger partial charge is 0.240 e. The number of aliphatic hydroxyl groups is 1. The molecule has 2 N–H and O–H groups in total. The van der Waals surface area contributed by atoms with Crippen molar-refractivity contribution in [2.45, 2.75) is 19.3 Å². The molecule has 0 spiro atoms. The van der Waals surface area contributed by atoms with Gasteiger partial charge < -0.3 is 5.11 Å². The minimum atomic E-state index is 0.0666. The Kier molecular flexibility index (Phi) is 3.41. The number of anilines is 1. The Morgan fingerprint density at radius 3 is 2.88 bits per heavy atom. The molecule has 4 heteroatoms. The summed E-state index contributed by atoms with van der Waals surface area (Å²) in [6, 6.07) is 7.98. The molecule has 1 fully saturated rings. The molecule has 0 unspecified atom stereocenters. The standard InChI is InChI=1S/C12H16N2O2/c15-9-3-5-10-4-1-2-6-11(10)14-8-7-12(16)13-14/h1-2,4,6,15H,3,5,7-9H2,(H,13,16). The third kappa shape index (κ3) is 2.33. The van der Waals surface area contributed by atoms with Gasteiger partial charge in [-0.2, -0.15) is 0 Å². The molecule has 0 radical (unpaired) electrons. The molecule has 0 aliphatic carbocycles. The van der Waals surface area contributed by atoms with Crippen molar-refractivity contribution >= 4 is 11.6 Å². The number of hydrazine groups is 1. The number of carbonyl (C=O) groups excluding carboxylic acids is 1. The van der Waals surface area contributed by atoms with Gasteiger partial charge in [-0.1, -0.05) is 18.2 Å². The number of para-hydroxylation sites is 1. The van der Waals surface area contributed by atoms with Gasteiger partial charge in [0.1, 0.15) is 0 Å². The van der Waals surface area contributed by atoms with Gasteiger partial charge in [-0.15, -0.1) is 0 Å². The van der Waals surface area contributed by atoms with Crippen LogP contribution in [0, 0.1) is 0 Å². The number of hydrogen-bond acceptors (Lipinski definition) is 3. The molecular formula is C12H16N2O2. The molecule has 0 bridgehead atoms. The third-order valence-corrected chi connectivity index (χ3v) is 2.71. The highest BCUT2D eigenvalue weighted by molar-refractivity contribution is 5.81. The molecule has 1 aliphatic heterocycles. The molecule has 0 saturated carbocycles. The first-order valence-electron chi connectivity index (χ1n) is 5.57. The normalized spacial score (nSPS) is 15.3. The zero-order chi connectivity index (χ0) is 11.4. The maximum Gasteiger partial charge on any atom is 0.240 e. The van der Waals surface area contributed by atoms with Gasteiger partial charge in [0.05, 0.1) is 5.69 Å². The Bertz CT molecular complexity index is 379. The number of aliphatic hydroxyl groups excluding tert-OH is 1. The molecule has 1 aliphatic rings. The Morgan fingerprint density at radius 1 is 1.38 bits per heavy atom. The maximum absolute atomic E-state index is 11.2. The van der Waals surface area contributed by atoms with E-state index in [1.54, 1.807) is 0 Å². The fraction of sp³-hybridized carbons (Fsp3) is 0.417. The highest BCUT2D eigenvalue weighted by atomic mass is 16.2. The molecule has 16 heavy (non-hydrogen) atoms. The minimum absolute atomic E-state index is 0.0666. The van der Waals surface area contributed by atoms with Crippen LogP contribution in [0.4, 0.5) is 5.69 Å². The first-order chi connectivity index (χ1) is 7.81. The van der Waals surface area contributed by atoms with Gasteiger partial charge >= 0.3 is 0 Å². The molecule has 0 aromatic heterocycles. The fourth-order valence-corrected chi connectivity index (χ4v) is 1.91. The van der Waals surface area contributed by atoms with Gasteiger partial charge in [-0.25, -0.2) is 0 Å². The van der Waals surface area contributed by atoms with E-state index < -0.39 is 0 Å². The van der Waals surface area contributed by atoms with Crippen LogP contribution in [0.1, 0.15) is 18.4 Å². The van der Waals surface area contributed by atoms with Crippen molar-refractivity contribution < 1.29 is 9.90 Å². The molecule has 2 rings (SSSR count). The predicted molar refractivity (Wildman–Crippen MR) is 62.0 cm³/mol. The minimum Gasteiger partial charge on any atom is -0.396 e. The molecule has 1 aromatic carbocycles. The average Bonchev–Trinajstić information content (AvgIpc) is 2.73. The SMILES string of the molecule is O=C1CCN(c2ccccc2CCCO)N1. The van der Waals surface area contributed by atoms with Crippen molar-refractivity contribution in [2.75, 3.05) is 18.2 Å². The molecule has 1 saturated heterocycles. The van der Waals surface area contributed by atoms with Crippen molar-refractivity contribution in [1.82, 2.24) is 5.43 Å². The average molecular weight is 220 g/mol. The molecule has 86 valence electrons. The second-order valence-electron chi connectivity index (χ2n) is 3.89. The van der Waals surface area contributed by atoms with E-state index in [0.717, 1.165) is 25.1 Å². The van der Waals surface area contributed by atoms with Crippen LogP contribution in [-0.2, 0) is 11.2 Å². The fourth-order valence-electron chi connectivity index (χ4n) is 1.91. The quantitative estimate of drug-likeness (QED) is 0.791. The van der Waals surface area contributed by atoms with E-state index in [1.807, 2.05) is 29.3 Å². The number of amides is 1. The molecule has 1 amide bonds. The summed E-state index contributed by atoms with van der Waals surface area (Å²) in [5, 5.41) is 10.7. The summed E-state index contributed by atoms with van der Waals surface area (Å²) >= 11 is 0. The first kappa shape index (κ1) is 11.0. The van der Waals surface area contributed by atoms with Crippen molar-refractivity contribution in [3.63, 3.8) is 0 Å². The highest BCUT2D eigenvalue weighted by Crippen LogP contribution is 2.22. The van der Waals surface area contributed by atoms with E-state index in [0.29, 0.717) is 6.42 Å². The van der Waals surface area contributed by atoms with Crippen molar-refractivity contribution in [2.24, 2.45) is 0 Å².